The highest BCUT2D eigenvalue weighted by atomic mass is 19.1. The first-order chi connectivity index (χ1) is 8.74. The van der Waals surface area contributed by atoms with Crippen LogP contribution in [0.3, 0.4) is 0 Å². The number of carbonyl (C=O) groups excluding carboxylic acids is 1. The summed E-state index contributed by atoms with van der Waals surface area (Å²) in [7, 11) is 0. The fourth-order valence-corrected chi connectivity index (χ4v) is 1.72. The lowest BCUT2D eigenvalue weighted by Crippen LogP contribution is -1.91. The minimum atomic E-state index is -0.500. The lowest BCUT2D eigenvalue weighted by molar-refractivity contribution is 0.112. The van der Waals surface area contributed by atoms with Crippen LogP contribution in [0.15, 0.2) is 42.5 Å². The van der Waals surface area contributed by atoms with Crippen molar-refractivity contribution < 1.29 is 13.9 Å². The SMILES string of the molecule is CCOc1ccc(-c2ccc(F)c(C=O)c2)cc1. The van der Waals surface area contributed by atoms with Crippen molar-refractivity contribution >= 4 is 6.29 Å². The molecule has 0 aliphatic rings. The Morgan fingerprint density at radius 1 is 1.11 bits per heavy atom. The highest BCUT2D eigenvalue weighted by Crippen LogP contribution is 2.24. The molecular formula is C15H13FO2. The van der Waals surface area contributed by atoms with E-state index in [2.05, 4.69) is 0 Å². The largest absolute Gasteiger partial charge is 0.494 e. The molecule has 0 bridgehead atoms. The van der Waals surface area contributed by atoms with E-state index >= 15 is 0 Å². The average Bonchev–Trinajstić information content (AvgIpc) is 2.41. The van der Waals surface area contributed by atoms with Crippen LogP contribution in [0.4, 0.5) is 4.39 Å². The van der Waals surface area contributed by atoms with Crippen LogP contribution in [-0.4, -0.2) is 12.9 Å². The van der Waals surface area contributed by atoms with Crippen molar-refractivity contribution in [2.45, 2.75) is 6.92 Å². The summed E-state index contributed by atoms with van der Waals surface area (Å²) in [6.07, 6.45) is 0.521. The number of carbonyl (C=O) groups is 1. The molecule has 2 nitrogen and oxygen atoms in total. The van der Waals surface area contributed by atoms with Crippen LogP contribution in [0.5, 0.6) is 5.75 Å². The van der Waals surface area contributed by atoms with Crippen LogP contribution in [0, 0.1) is 5.82 Å². The van der Waals surface area contributed by atoms with Gasteiger partial charge in [0.2, 0.25) is 0 Å². The van der Waals surface area contributed by atoms with Gasteiger partial charge in [0.15, 0.2) is 6.29 Å². The van der Waals surface area contributed by atoms with Crippen molar-refractivity contribution in [2.24, 2.45) is 0 Å². The van der Waals surface area contributed by atoms with Crippen LogP contribution in [0.2, 0.25) is 0 Å². The molecule has 0 N–H and O–H groups in total. The van der Waals surface area contributed by atoms with Crippen LogP contribution in [0.1, 0.15) is 17.3 Å². The first-order valence-corrected chi connectivity index (χ1v) is 5.72. The highest BCUT2D eigenvalue weighted by Gasteiger charge is 2.04. The number of hydrogen-bond donors (Lipinski definition) is 0. The van der Waals surface area contributed by atoms with Gasteiger partial charge in [-0.05, 0) is 42.3 Å². The van der Waals surface area contributed by atoms with Gasteiger partial charge in [-0.3, -0.25) is 4.79 Å². The molecule has 0 saturated carbocycles. The van der Waals surface area contributed by atoms with E-state index in [1.165, 1.54) is 12.1 Å². The fraction of sp³-hybridized carbons (Fsp3) is 0.133. The van der Waals surface area contributed by atoms with Gasteiger partial charge in [0, 0.05) is 0 Å². The summed E-state index contributed by atoms with van der Waals surface area (Å²) in [5, 5.41) is 0. The van der Waals surface area contributed by atoms with Gasteiger partial charge in [0.05, 0.1) is 12.2 Å². The van der Waals surface area contributed by atoms with Crippen LogP contribution >= 0.6 is 0 Å². The number of rotatable bonds is 4. The van der Waals surface area contributed by atoms with E-state index < -0.39 is 5.82 Å². The molecule has 0 amide bonds. The third-order valence-electron chi connectivity index (χ3n) is 2.62. The number of ether oxygens (including phenoxy) is 1. The van der Waals surface area contributed by atoms with Gasteiger partial charge in [-0.2, -0.15) is 0 Å². The minimum Gasteiger partial charge on any atom is -0.494 e. The smallest absolute Gasteiger partial charge is 0.153 e. The van der Waals surface area contributed by atoms with Crippen LogP contribution in [0.25, 0.3) is 11.1 Å². The average molecular weight is 244 g/mol. The first kappa shape index (κ1) is 12.3. The maximum atomic E-state index is 13.2. The summed E-state index contributed by atoms with van der Waals surface area (Å²) in [6.45, 7) is 2.54. The second-order valence-electron chi connectivity index (χ2n) is 3.81. The third kappa shape index (κ3) is 2.56. The zero-order valence-electron chi connectivity index (χ0n) is 10.0. The van der Waals surface area contributed by atoms with E-state index in [9.17, 15) is 9.18 Å². The first-order valence-electron chi connectivity index (χ1n) is 5.72. The van der Waals surface area contributed by atoms with E-state index in [1.54, 1.807) is 6.07 Å². The molecule has 0 heterocycles. The number of aldehydes is 1. The molecule has 3 heteroatoms. The van der Waals surface area contributed by atoms with Gasteiger partial charge in [-0.25, -0.2) is 4.39 Å². The van der Waals surface area contributed by atoms with E-state index in [0.29, 0.717) is 12.9 Å². The molecule has 0 aromatic heterocycles. The molecule has 0 aliphatic heterocycles. The predicted molar refractivity (Wildman–Crippen MR) is 68.4 cm³/mol. The van der Waals surface area contributed by atoms with E-state index in [0.717, 1.165) is 16.9 Å². The zero-order valence-corrected chi connectivity index (χ0v) is 10.0. The van der Waals surface area contributed by atoms with E-state index in [-0.39, 0.29) is 5.56 Å². The Morgan fingerprint density at radius 3 is 2.39 bits per heavy atom. The topological polar surface area (TPSA) is 26.3 Å². The van der Waals surface area contributed by atoms with Crippen molar-refractivity contribution in [3.63, 3.8) is 0 Å². The molecule has 18 heavy (non-hydrogen) atoms. The molecule has 92 valence electrons. The van der Waals surface area contributed by atoms with Crippen molar-refractivity contribution in [2.75, 3.05) is 6.61 Å². The van der Waals surface area contributed by atoms with Gasteiger partial charge < -0.3 is 4.74 Å². The molecular weight excluding hydrogens is 231 g/mol. The maximum Gasteiger partial charge on any atom is 0.153 e. The molecule has 0 radical (unpaired) electrons. The highest BCUT2D eigenvalue weighted by molar-refractivity contribution is 5.79. The second kappa shape index (κ2) is 5.45. The minimum absolute atomic E-state index is 0.0707. The summed E-state index contributed by atoms with van der Waals surface area (Å²) in [5.41, 5.74) is 1.80. The Balaban J connectivity index is 2.33. The van der Waals surface area contributed by atoms with E-state index in [1.807, 2.05) is 31.2 Å². The molecule has 0 spiro atoms. The van der Waals surface area contributed by atoms with Crippen LogP contribution in [-0.2, 0) is 0 Å². The molecule has 2 aromatic rings. The van der Waals surface area contributed by atoms with Crippen molar-refractivity contribution in [1.29, 1.82) is 0 Å². The van der Waals surface area contributed by atoms with Gasteiger partial charge in [0.25, 0.3) is 0 Å². The van der Waals surface area contributed by atoms with Gasteiger partial charge in [0.1, 0.15) is 11.6 Å². The molecule has 0 atom stereocenters. The number of benzene rings is 2. The monoisotopic (exact) mass is 244 g/mol. The molecule has 0 fully saturated rings. The molecule has 0 saturated heterocycles. The molecule has 2 rings (SSSR count). The third-order valence-corrected chi connectivity index (χ3v) is 2.62. The predicted octanol–water partition coefficient (Wildman–Crippen LogP) is 3.70. The standard InChI is InChI=1S/C15H13FO2/c1-2-18-14-6-3-11(4-7-14)12-5-8-15(16)13(9-12)10-17/h3-10H,2H2,1H3. The lowest BCUT2D eigenvalue weighted by Gasteiger charge is -2.06. The van der Waals surface area contributed by atoms with Crippen LogP contribution < -0.4 is 4.74 Å². The van der Waals surface area contributed by atoms with Gasteiger partial charge in [-0.15, -0.1) is 0 Å². The Bertz CT molecular complexity index is 547. The summed E-state index contributed by atoms with van der Waals surface area (Å²) in [4.78, 5) is 10.7. The quantitative estimate of drug-likeness (QED) is 0.766. The summed E-state index contributed by atoms with van der Waals surface area (Å²) in [5.74, 6) is 0.290. The second-order valence-corrected chi connectivity index (χ2v) is 3.81. The zero-order chi connectivity index (χ0) is 13.0. The van der Waals surface area contributed by atoms with Crippen molar-refractivity contribution in [3.8, 4) is 16.9 Å². The summed E-state index contributed by atoms with van der Waals surface area (Å²) < 4.78 is 18.5. The summed E-state index contributed by atoms with van der Waals surface area (Å²) >= 11 is 0. The van der Waals surface area contributed by atoms with Gasteiger partial charge in [-0.1, -0.05) is 18.2 Å². The molecule has 0 unspecified atom stereocenters. The molecule has 0 aliphatic carbocycles. The number of halogens is 1. The van der Waals surface area contributed by atoms with E-state index in [4.69, 9.17) is 4.74 Å². The maximum absolute atomic E-state index is 13.2. The van der Waals surface area contributed by atoms with Crippen molar-refractivity contribution in [1.82, 2.24) is 0 Å². The normalized spacial score (nSPS) is 10.1. The Hall–Kier alpha value is -2.16. The summed E-state index contributed by atoms with van der Waals surface area (Å²) in [6, 6.07) is 12.0. The Morgan fingerprint density at radius 2 is 1.78 bits per heavy atom. The Kier molecular flexibility index (Phi) is 3.72. The number of hydrogen-bond acceptors (Lipinski definition) is 2. The molecule has 2 aromatic carbocycles. The van der Waals surface area contributed by atoms with Crippen molar-refractivity contribution in [3.05, 3.63) is 53.8 Å². The van der Waals surface area contributed by atoms with Gasteiger partial charge >= 0.3 is 0 Å². The Labute approximate surface area is 105 Å². The lowest BCUT2D eigenvalue weighted by atomic mass is 10.0. The fourth-order valence-electron chi connectivity index (χ4n) is 1.72.